The smallest absolute Gasteiger partial charge is 0.156 e. The van der Waals surface area contributed by atoms with Crippen LogP contribution in [0.2, 0.25) is 0 Å². The number of nitrogens with one attached hydrogen (secondary N) is 1. The van der Waals surface area contributed by atoms with Crippen molar-refractivity contribution in [3.63, 3.8) is 0 Å². The molecule has 0 bridgehead atoms. The van der Waals surface area contributed by atoms with Crippen LogP contribution in [0.1, 0.15) is 11.3 Å². The number of rotatable bonds is 4. The van der Waals surface area contributed by atoms with Crippen molar-refractivity contribution in [2.24, 2.45) is 0 Å². The van der Waals surface area contributed by atoms with E-state index in [9.17, 15) is 5.26 Å². The number of benzene rings is 1. The topological polar surface area (TPSA) is 135 Å². The van der Waals surface area contributed by atoms with Crippen LogP contribution in [-0.2, 0) is 6.54 Å². The number of halogens is 1. The third-order valence-corrected chi connectivity index (χ3v) is 4.78. The number of hydrogen-bond acceptors (Lipinski definition) is 7. The molecule has 3 N–H and O–H groups in total. The highest BCUT2D eigenvalue weighted by Crippen LogP contribution is 2.37. The number of nitrogens with zero attached hydrogens (tertiary/aromatic N) is 7. The van der Waals surface area contributed by atoms with E-state index in [1.807, 2.05) is 24.3 Å². The van der Waals surface area contributed by atoms with E-state index >= 15 is 4.39 Å². The lowest BCUT2D eigenvalue weighted by molar-refractivity contribution is 0.591. The van der Waals surface area contributed by atoms with Crippen molar-refractivity contribution in [3.05, 3.63) is 71.9 Å². The molecule has 4 aromatic heterocycles. The SMILES string of the molecule is N#Cc1cccc(-c2nc(N)c3nn(Cc4ccccn4)nc3c2-c2ccn[nH]2)c1F. The average molecular weight is 411 g/mol. The summed E-state index contributed by atoms with van der Waals surface area (Å²) < 4.78 is 15.0. The molecule has 4 heterocycles. The molecule has 0 radical (unpaired) electrons. The summed E-state index contributed by atoms with van der Waals surface area (Å²) >= 11 is 0. The Bertz CT molecular complexity index is 1430. The number of nitriles is 1. The molecule has 1 aromatic carbocycles. The highest BCUT2D eigenvalue weighted by molar-refractivity contribution is 6.02. The van der Waals surface area contributed by atoms with Gasteiger partial charge in [0.25, 0.3) is 0 Å². The highest BCUT2D eigenvalue weighted by Gasteiger charge is 2.23. The van der Waals surface area contributed by atoms with Crippen LogP contribution in [0, 0.1) is 17.1 Å². The third-order valence-electron chi connectivity index (χ3n) is 4.78. The number of nitrogens with two attached hydrogens (primary N) is 1. The molecule has 9 nitrogen and oxygen atoms in total. The van der Waals surface area contributed by atoms with Crippen molar-refractivity contribution in [1.29, 1.82) is 5.26 Å². The van der Waals surface area contributed by atoms with Crippen LogP contribution in [0.3, 0.4) is 0 Å². The Labute approximate surface area is 175 Å². The van der Waals surface area contributed by atoms with Crippen molar-refractivity contribution >= 4 is 16.9 Å². The lowest BCUT2D eigenvalue weighted by atomic mass is 9.99. The molecular weight excluding hydrogens is 397 g/mol. The van der Waals surface area contributed by atoms with Gasteiger partial charge in [0, 0.05) is 18.0 Å². The molecule has 0 spiro atoms. The second-order valence-corrected chi connectivity index (χ2v) is 6.72. The first-order valence-corrected chi connectivity index (χ1v) is 9.28. The van der Waals surface area contributed by atoms with Crippen molar-refractivity contribution < 1.29 is 4.39 Å². The summed E-state index contributed by atoms with van der Waals surface area (Å²) in [5.74, 6) is -0.583. The molecule has 0 amide bonds. The number of hydrogen-bond donors (Lipinski definition) is 2. The maximum Gasteiger partial charge on any atom is 0.156 e. The van der Waals surface area contributed by atoms with Crippen molar-refractivity contribution in [3.8, 4) is 28.6 Å². The number of nitrogen functional groups attached to an aromatic ring is 1. The van der Waals surface area contributed by atoms with Gasteiger partial charge in [-0.25, -0.2) is 9.37 Å². The first-order valence-electron chi connectivity index (χ1n) is 9.28. The molecule has 0 aliphatic carbocycles. The number of anilines is 1. The number of aromatic nitrogens is 7. The Morgan fingerprint density at radius 3 is 2.68 bits per heavy atom. The van der Waals surface area contributed by atoms with Crippen LogP contribution in [0.25, 0.3) is 33.5 Å². The van der Waals surface area contributed by atoms with Gasteiger partial charge in [0.05, 0.1) is 28.2 Å². The maximum atomic E-state index is 15.0. The second-order valence-electron chi connectivity index (χ2n) is 6.72. The van der Waals surface area contributed by atoms with E-state index in [0.717, 1.165) is 5.69 Å². The van der Waals surface area contributed by atoms with Gasteiger partial charge < -0.3 is 5.73 Å². The second kappa shape index (κ2) is 7.31. The van der Waals surface area contributed by atoms with Crippen LogP contribution >= 0.6 is 0 Å². The monoisotopic (exact) mass is 411 g/mol. The highest BCUT2D eigenvalue weighted by atomic mass is 19.1. The van der Waals surface area contributed by atoms with Crippen LogP contribution in [0.15, 0.2) is 54.9 Å². The van der Waals surface area contributed by atoms with Gasteiger partial charge in [-0.2, -0.15) is 20.3 Å². The zero-order valence-electron chi connectivity index (χ0n) is 16.0. The lowest BCUT2D eigenvalue weighted by Crippen LogP contribution is -2.05. The predicted molar refractivity (Wildman–Crippen MR) is 111 cm³/mol. The predicted octanol–water partition coefficient (Wildman–Crippen LogP) is 2.92. The summed E-state index contributed by atoms with van der Waals surface area (Å²) in [5, 5.41) is 25.2. The zero-order valence-corrected chi connectivity index (χ0v) is 16.0. The molecule has 5 aromatic rings. The summed E-state index contributed by atoms with van der Waals surface area (Å²) in [5.41, 5.74) is 9.11. The number of H-pyrrole nitrogens is 1. The van der Waals surface area contributed by atoms with Gasteiger partial charge in [0.15, 0.2) is 11.3 Å². The van der Waals surface area contributed by atoms with E-state index in [4.69, 9.17) is 5.73 Å². The zero-order chi connectivity index (χ0) is 21.4. The van der Waals surface area contributed by atoms with Gasteiger partial charge in [-0.05, 0) is 30.3 Å². The molecule has 0 saturated carbocycles. The van der Waals surface area contributed by atoms with Gasteiger partial charge in [-0.3, -0.25) is 10.1 Å². The standard InChI is InChI=1S/C21H14FN9/c22-17-12(10-23)4-3-6-14(17)18-16(15-7-9-26-28-15)19-20(21(24)27-18)30-31(29-19)11-13-5-1-2-8-25-13/h1-9H,11H2,(H2,24,27)(H,26,28). The largest absolute Gasteiger partial charge is 0.382 e. The fourth-order valence-corrected chi connectivity index (χ4v) is 3.38. The van der Waals surface area contributed by atoms with E-state index in [1.165, 1.54) is 10.9 Å². The Morgan fingerprint density at radius 1 is 1.06 bits per heavy atom. The summed E-state index contributed by atoms with van der Waals surface area (Å²) in [6.45, 7) is 0.324. The lowest BCUT2D eigenvalue weighted by Gasteiger charge is -2.10. The molecule has 150 valence electrons. The summed E-state index contributed by atoms with van der Waals surface area (Å²) in [6, 6.07) is 13.7. The number of fused-ring (bicyclic) bond motifs is 1. The normalized spacial score (nSPS) is 11.0. The van der Waals surface area contributed by atoms with Crippen LogP contribution in [-0.4, -0.2) is 35.2 Å². The van der Waals surface area contributed by atoms with Gasteiger partial charge in [-0.1, -0.05) is 12.1 Å². The Morgan fingerprint density at radius 2 is 1.94 bits per heavy atom. The fourth-order valence-electron chi connectivity index (χ4n) is 3.38. The molecule has 0 atom stereocenters. The van der Waals surface area contributed by atoms with E-state index in [2.05, 4.69) is 30.4 Å². The maximum absolute atomic E-state index is 15.0. The molecule has 0 aliphatic rings. The third kappa shape index (κ3) is 3.14. The quantitative estimate of drug-likeness (QED) is 0.464. The molecule has 10 heteroatoms. The van der Waals surface area contributed by atoms with E-state index in [0.29, 0.717) is 28.8 Å². The Hall–Kier alpha value is -4.65. The number of pyridine rings is 2. The molecule has 31 heavy (non-hydrogen) atoms. The average Bonchev–Trinajstić information content (AvgIpc) is 3.45. The Balaban J connectivity index is 1.77. The first kappa shape index (κ1) is 18.4. The molecule has 0 saturated heterocycles. The first-order chi connectivity index (χ1) is 15.2. The van der Waals surface area contributed by atoms with Crippen LogP contribution in [0.4, 0.5) is 10.2 Å². The van der Waals surface area contributed by atoms with Crippen LogP contribution in [0.5, 0.6) is 0 Å². The van der Waals surface area contributed by atoms with Crippen molar-refractivity contribution in [2.75, 3.05) is 5.73 Å². The van der Waals surface area contributed by atoms with Crippen molar-refractivity contribution in [2.45, 2.75) is 6.54 Å². The minimum atomic E-state index is -0.683. The van der Waals surface area contributed by atoms with Gasteiger partial charge >= 0.3 is 0 Å². The molecule has 0 unspecified atom stereocenters. The summed E-state index contributed by atoms with van der Waals surface area (Å²) in [4.78, 5) is 10.2. The Kier molecular flexibility index (Phi) is 4.33. The fraction of sp³-hybridized carbons (Fsp3) is 0.0476. The molecule has 0 fully saturated rings. The number of aromatic amines is 1. The van der Waals surface area contributed by atoms with Gasteiger partial charge in [-0.15, -0.1) is 5.10 Å². The van der Waals surface area contributed by atoms with Crippen molar-refractivity contribution in [1.82, 2.24) is 35.2 Å². The minimum Gasteiger partial charge on any atom is -0.382 e. The van der Waals surface area contributed by atoms with E-state index < -0.39 is 5.82 Å². The molecule has 0 aliphatic heterocycles. The van der Waals surface area contributed by atoms with E-state index in [1.54, 1.807) is 30.6 Å². The summed E-state index contributed by atoms with van der Waals surface area (Å²) in [7, 11) is 0. The minimum absolute atomic E-state index is 0.0904. The van der Waals surface area contributed by atoms with E-state index in [-0.39, 0.29) is 22.6 Å². The summed E-state index contributed by atoms with van der Waals surface area (Å²) in [6.07, 6.45) is 3.26. The van der Waals surface area contributed by atoms with Crippen LogP contribution < -0.4 is 5.73 Å². The van der Waals surface area contributed by atoms with Gasteiger partial charge in [0.1, 0.15) is 23.9 Å². The van der Waals surface area contributed by atoms with Gasteiger partial charge in [0.2, 0.25) is 0 Å². The molecular formula is C21H14FN9. The molecule has 5 rings (SSSR count).